The first kappa shape index (κ1) is 9.63. The number of Topliss-reactive ketones (excluding diaryl/α,β-unsaturated/α-hetero) is 1. The SMILES string of the molecule is CC1CO1.CCC(=O)CC. The zero-order valence-corrected chi connectivity index (χ0v) is 7.02. The summed E-state index contributed by atoms with van der Waals surface area (Å²) in [5.41, 5.74) is 0. The second-order valence-electron chi connectivity index (χ2n) is 2.39. The molecule has 1 heterocycles. The van der Waals surface area contributed by atoms with Gasteiger partial charge in [0.2, 0.25) is 0 Å². The average molecular weight is 144 g/mol. The van der Waals surface area contributed by atoms with Gasteiger partial charge in [0.25, 0.3) is 0 Å². The third kappa shape index (κ3) is 7.63. The molecule has 1 rings (SSSR count). The van der Waals surface area contributed by atoms with Crippen molar-refractivity contribution in [2.45, 2.75) is 39.7 Å². The highest BCUT2D eigenvalue weighted by atomic mass is 16.6. The van der Waals surface area contributed by atoms with E-state index in [1.807, 2.05) is 13.8 Å². The van der Waals surface area contributed by atoms with Gasteiger partial charge >= 0.3 is 0 Å². The molecule has 0 aromatic carbocycles. The number of rotatable bonds is 2. The predicted octanol–water partition coefficient (Wildman–Crippen LogP) is 1.78. The van der Waals surface area contributed by atoms with E-state index in [0.717, 1.165) is 6.61 Å². The number of epoxide rings is 1. The summed E-state index contributed by atoms with van der Waals surface area (Å²) >= 11 is 0. The van der Waals surface area contributed by atoms with E-state index in [-0.39, 0.29) is 0 Å². The molecule has 0 aromatic heterocycles. The Labute approximate surface area is 62.6 Å². The molecule has 1 unspecified atom stereocenters. The fourth-order valence-corrected chi connectivity index (χ4v) is 0.346. The van der Waals surface area contributed by atoms with Crippen LogP contribution in [0.5, 0.6) is 0 Å². The second-order valence-corrected chi connectivity index (χ2v) is 2.39. The maximum Gasteiger partial charge on any atom is 0.132 e. The van der Waals surface area contributed by atoms with Crippen LogP contribution in [0.3, 0.4) is 0 Å². The first-order valence-electron chi connectivity index (χ1n) is 3.84. The molecular formula is C8H16O2. The molecule has 1 atom stereocenters. The summed E-state index contributed by atoms with van der Waals surface area (Å²) in [5, 5.41) is 0. The highest BCUT2D eigenvalue weighted by molar-refractivity contribution is 5.77. The normalized spacial score (nSPS) is 20.9. The molecular weight excluding hydrogens is 128 g/mol. The van der Waals surface area contributed by atoms with Crippen molar-refractivity contribution >= 4 is 5.78 Å². The average Bonchev–Trinajstić information content (AvgIpc) is 2.71. The number of carbonyl (C=O) groups excluding carboxylic acids is 1. The molecule has 0 aliphatic carbocycles. The van der Waals surface area contributed by atoms with Gasteiger partial charge in [0, 0.05) is 12.8 Å². The van der Waals surface area contributed by atoms with E-state index in [4.69, 9.17) is 4.74 Å². The molecule has 2 heteroatoms. The van der Waals surface area contributed by atoms with E-state index in [1.165, 1.54) is 0 Å². The molecule has 2 nitrogen and oxygen atoms in total. The summed E-state index contributed by atoms with van der Waals surface area (Å²) in [6, 6.07) is 0. The molecule has 0 spiro atoms. The zero-order chi connectivity index (χ0) is 7.98. The van der Waals surface area contributed by atoms with Gasteiger partial charge in [-0.3, -0.25) is 4.79 Å². The Morgan fingerprint density at radius 1 is 1.50 bits per heavy atom. The van der Waals surface area contributed by atoms with Crippen LogP contribution in [0, 0.1) is 0 Å². The van der Waals surface area contributed by atoms with Crippen LogP contribution in [0.15, 0.2) is 0 Å². The van der Waals surface area contributed by atoms with Crippen LogP contribution >= 0.6 is 0 Å². The third-order valence-corrected chi connectivity index (χ3v) is 1.29. The Morgan fingerprint density at radius 3 is 1.80 bits per heavy atom. The number of ether oxygens (including phenoxy) is 1. The smallest absolute Gasteiger partial charge is 0.132 e. The van der Waals surface area contributed by atoms with Crippen LogP contribution in [-0.2, 0) is 9.53 Å². The molecule has 0 amide bonds. The Hall–Kier alpha value is -0.370. The standard InChI is InChI=1S/C5H10O.C3H6O/c1-3-5(6)4-2;1-3-2-4-3/h3-4H2,1-2H3;3H,2H2,1H3. The van der Waals surface area contributed by atoms with Crippen LogP contribution in [0.25, 0.3) is 0 Å². The molecule has 1 fully saturated rings. The van der Waals surface area contributed by atoms with Crippen molar-refractivity contribution in [3.63, 3.8) is 0 Å². The molecule has 0 radical (unpaired) electrons. The predicted molar refractivity (Wildman–Crippen MR) is 41.0 cm³/mol. The van der Waals surface area contributed by atoms with Gasteiger partial charge in [-0.25, -0.2) is 0 Å². The van der Waals surface area contributed by atoms with Gasteiger partial charge in [-0.2, -0.15) is 0 Å². The van der Waals surface area contributed by atoms with Gasteiger partial charge in [-0.15, -0.1) is 0 Å². The second kappa shape index (κ2) is 5.42. The highest BCUT2D eigenvalue weighted by Gasteiger charge is 2.13. The van der Waals surface area contributed by atoms with E-state index in [2.05, 4.69) is 6.92 Å². The van der Waals surface area contributed by atoms with E-state index in [0.29, 0.717) is 24.7 Å². The largest absolute Gasteiger partial charge is 0.373 e. The van der Waals surface area contributed by atoms with Crippen LogP contribution in [0.1, 0.15) is 33.6 Å². The summed E-state index contributed by atoms with van der Waals surface area (Å²) in [4.78, 5) is 10.2. The lowest BCUT2D eigenvalue weighted by Crippen LogP contribution is -1.88. The van der Waals surface area contributed by atoms with Crippen molar-refractivity contribution in [3.05, 3.63) is 0 Å². The van der Waals surface area contributed by atoms with E-state index >= 15 is 0 Å². The molecule has 0 bridgehead atoms. The molecule has 1 aliphatic rings. The maximum absolute atomic E-state index is 10.2. The quantitative estimate of drug-likeness (QED) is 0.553. The van der Waals surface area contributed by atoms with Crippen molar-refractivity contribution in [2.75, 3.05) is 6.61 Å². The molecule has 0 aromatic rings. The number of hydrogen-bond donors (Lipinski definition) is 0. The van der Waals surface area contributed by atoms with E-state index < -0.39 is 0 Å². The van der Waals surface area contributed by atoms with Gasteiger partial charge in [-0.05, 0) is 6.92 Å². The minimum Gasteiger partial charge on any atom is -0.373 e. The molecule has 1 saturated heterocycles. The van der Waals surface area contributed by atoms with Crippen molar-refractivity contribution in [1.82, 2.24) is 0 Å². The van der Waals surface area contributed by atoms with Crippen molar-refractivity contribution in [1.29, 1.82) is 0 Å². The van der Waals surface area contributed by atoms with E-state index in [1.54, 1.807) is 0 Å². The lowest BCUT2D eigenvalue weighted by atomic mass is 10.3. The first-order valence-corrected chi connectivity index (χ1v) is 3.84. The third-order valence-electron chi connectivity index (χ3n) is 1.29. The monoisotopic (exact) mass is 144 g/mol. The summed E-state index contributed by atoms with van der Waals surface area (Å²) < 4.78 is 4.71. The Kier molecular flexibility index (Phi) is 5.22. The fourth-order valence-electron chi connectivity index (χ4n) is 0.346. The van der Waals surface area contributed by atoms with Crippen LogP contribution < -0.4 is 0 Å². The van der Waals surface area contributed by atoms with Crippen molar-refractivity contribution in [2.24, 2.45) is 0 Å². The van der Waals surface area contributed by atoms with Gasteiger partial charge in [0.1, 0.15) is 5.78 Å². The van der Waals surface area contributed by atoms with Crippen LogP contribution in [0.4, 0.5) is 0 Å². The van der Waals surface area contributed by atoms with Gasteiger partial charge < -0.3 is 4.74 Å². The van der Waals surface area contributed by atoms with Crippen LogP contribution in [-0.4, -0.2) is 18.5 Å². The van der Waals surface area contributed by atoms with Gasteiger partial charge in [-0.1, -0.05) is 13.8 Å². The van der Waals surface area contributed by atoms with Gasteiger partial charge in [0.15, 0.2) is 0 Å². The molecule has 1 aliphatic heterocycles. The van der Waals surface area contributed by atoms with Crippen molar-refractivity contribution < 1.29 is 9.53 Å². The zero-order valence-electron chi connectivity index (χ0n) is 7.02. The number of hydrogen-bond acceptors (Lipinski definition) is 2. The summed E-state index contributed by atoms with van der Waals surface area (Å²) in [6.45, 7) is 6.80. The first-order chi connectivity index (χ1) is 4.70. The maximum atomic E-state index is 10.2. The molecule has 0 N–H and O–H groups in total. The fraction of sp³-hybridized carbons (Fsp3) is 0.875. The van der Waals surface area contributed by atoms with E-state index in [9.17, 15) is 4.79 Å². The summed E-state index contributed by atoms with van der Waals surface area (Å²) in [5.74, 6) is 0.343. The molecule has 0 saturated carbocycles. The summed E-state index contributed by atoms with van der Waals surface area (Å²) in [6.07, 6.45) is 1.97. The van der Waals surface area contributed by atoms with Gasteiger partial charge in [0.05, 0.1) is 12.7 Å². The number of ketones is 1. The topological polar surface area (TPSA) is 29.6 Å². The number of carbonyl (C=O) groups is 1. The Bertz CT molecular complexity index is 89.4. The summed E-state index contributed by atoms with van der Waals surface area (Å²) in [7, 11) is 0. The lowest BCUT2D eigenvalue weighted by Gasteiger charge is -1.81. The highest BCUT2D eigenvalue weighted by Crippen LogP contribution is 2.04. The lowest BCUT2D eigenvalue weighted by molar-refractivity contribution is -0.118. The Morgan fingerprint density at radius 2 is 1.80 bits per heavy atom. The van der Waals surface area contributed by atoms with Crippen molar-refractivity contribution in [3.8, 4) is 0 Å². The van der Waals surface area contributed by atoms with Crippen LogP contribution in [0.2, 0.25) is 0 Å². The minimum absolute atomic E-state index is 0.343. The Balaban J connectivity index is 0.000000172. The molecule has 10 heavy (non-hydrogen) atoms. The minimum atomic E-state index is 0.343. The molecule has 60 valence electrons.